The Labute approximate surface area is 115 Å². The minimum absolute atomic E-state index is 0.263. The summed E-state index contributed by atoms with van der Waals surface area (Å²) in [7, 11) is 0. The number of nitrogens with zero attached hydrogens (tertiary/aromatic N) is 1. The van der Waals surface area contributed by atoms with E-state index in [1.807, 2.05) is 13.0 Å². The van der Waals surface area contributed by atoms with Gasteiger partial charge in [0, 0.05) is 12.2 Å². The van der Waals surface area contributed by atoms with Crippen LogP contribution in [0.2, 0.25) is 10.0 Å². The number of benzene rings is 1. The molecule has 1 aromatic carbocycles. The largest absolute Gasteiger partial charge is 0.477 e. The summed E-state index contributed by atoms with van der Waals surface area (Å²) in [5.41, 5.74) is 2.06. The molecule has 0 saturated carbocycles. The second-order valence-electron chi connectivity index (χ2n) is 4.00. The van der Waals surface area contributed by atoms with E-state index in [9.17, 15) is 4.79 Å². The van der Waals surface area contributed by atoms with Crippen molar-refractivity contribution in [3.8, 4) is 0 Å². The third-order valence-electron chi connectivity index (χ3n) is 2.74. The minimum atomic E-state index is -0.942. The molecule has 0 amide bonds. The number of carboxylic acids is 1. The van der Waals surface area contributed by atoms with Gasteiger partial charge in [-0.15, -0.1) is 0 Å². The van der Waals surface area contributed by atoms with Crippen LogP contribution in [0.15, 0.2) is 30.3 Å². The molecule has 0 radical (unpaired) electrons. The lowest BCUT2D eigenvalue weighted by Crippen LogP contribution is -2.10. The van der Waals surface area contributed by atoms with Gasteiger partial charge in [-0.05, 0) is 36.8 Å². The van der Waals surface area contributed by atoms with E-state index in [0.29, 0.717) is 16.6 Å². The highest BCUT2D eigenvalue weighted by Gasteiger charge is 2.12. The highest BCUT2D eigenvalue weighted by atomic mass is 35.5. The van der Waals surface area contributed by atoms with Crippen molar-refractivity contribution in [2.45, 2.75) is 13.5 Å². The second kappa shape index (κ2) is 5.04. The van der Waals surface area contributed by atoms with Gasteiger partial charge in [-0.2, -0.15) is 0 Å². The normalized spacial score (nSPS) is 10.6. The fraction of sp³-hybridized carbons (Fsp3) is 0.154. The fourth-order valence-electron chi connectivity index (χ4n) is 1.79. The van der Waals surface area contributed by atoms with Crippen molar-refractivity contribution in [1.82, 2.24) is 4.57 Å². The molecule has 2 rings (SSSR count). The van der Waals surface area contributed by atoms with Crippen LogP contribution in [-0.2, 0) is 6.54 Å². The number of carboxylic acid groups (broad SMARTS) is 1. The summed E-state index contributed by atoms with van der Waals surface area (Å²) < 4.78 is 1.72. The Morgan fingerprint density at radius 2 is 1.94 bits per heavy atom. The lowest BCUT2D eigenvalue weighted by Gasteiger charge is -2.10. The number of aryl methyl sites for hydroxylation is 1. The predicted molar refractivity (Wildman–Crippen MR) is 71.7 cm³/mol. The summed E-state index contributed by atoms with van der Waals surface area (Å²) in [6.07, 6.45) is 0. The fourth-order valence-corrected chi connectivity index (χ4v) is 2.11. The van der Waals surface area contributed by atoms with Crippen LogP contribution < -0.4 is 0 Å². The minimum Gasteiger partial charge on any atom is -0.477 e. The molecule has 5 heteroatoms. The first-order chi connectivity index (χ1) is 8.49. The highest BCUT2D eigenvalue weighted by molar-refractivity contribution is 6.42. The number of aromatic carboxylic acids is 1. The van der Waals surface area contributed by atoms with Crippen molar-refractivity contribution >= 4 is 29.2 Å². The molecule has 0 bridgehead atoms. The summed E-state index contributed by atoms with van der Waals surface area (Å²) in [5.74, 6) is -0.942. The third-order valence-corrected chi connectivity index (χ3v) is 3.48. The van der Waals surface area contributed by atoms with Gasteiger partial charge in [-0.3, -0.25) is 0 Å². The van der Waals surface area contributed by atoms with Crippen LogP contribution in [0.3, 0.4) is 0 Å². The standard InChI is InChI=1S/C13H11Cl2NO2/c1-8-2-5-12(13(17)18)16(8)7-9-3-4-10(14)11(15)6-9/h2-6H,7H2,1H3,(H,17,18). The molecular weight excluding hydrogens is 273 g/mol. The molecule has 18 heavy (non-hydrogen) atoms. The number of hydrogen-bond acceptors (Lipinski definition) is 1. The van der Waals surface area contributed by atoms with E-state index in [-0.39, 0.29) is 5.69 Å². The predicted octanol–water partition coefficient (Wildman–Crippen LogP) is 3.85. The Bertz CT molecular complexity index is 605. The van der Waals surface area contributed by atoms with Crippen LogP contribution in [0.5, 0.6) is 0 Å². The SMILES string of the molecule is Cc1ccc(C(=O)O)n1Cc1ccc(Cl)c(Cl)c1. The maximum atomic E-state index is 11.1. The van der Waals surface area contributed by atoms with E-state index in [2.05, 4.69) is 0 Å². The first-order valence-corrected chi connectivity index (χ1v) is 6.08. The van der Waals surface area contributed by atoms with Gasteiger partial charge in [0.2, 0.25) is 0 Å². The van der Waals surface area contributed by atoms with Gasteiger partial charge in [-0.1, -0.05) is 29.3 Å². The maximum Gasteiger partial charge on any atom is 0.352 e. The molecule has 0 spiro atoms. The summed E-state index contributed by atoms with van der Waals surface area (Å²) in [6, 6.07) is 8.66. The number of carbonyl (C=O) groups is 1. The molecule has 1 N–H and O–H groups in total. The zero-order valence-electron chi connectivity index (χ0n) is 9.65. The molecule has 1 aromatic heterocycles. The van der Waals surface area contributed by atoms with Gasteiger partial charge < -0.3 is 9.67 Å². The van der Waals surface area contributed by atoms with Crippen LogP contribution in [0, 0.1) is 6.92 Å². The van der Waals surface area contributed by atoms with Gasteiger partial charge >= 0.3 is 5.97 Å². The summed E-state index contributed by atoms with van der Waals surface area (Å²) >= 11 is 11.8. The average Bonchev–Trinajstić information content (AvgIpc) is 2.66. The number of hydrogen-bond donors (Lipinski definition) is 1. The second-order valence-corrected chi connectivity index (χ2v) is 4.81. The van der Waals surface area contributed by atoms with Crippen molar-refractivity contribution in [1.29, 1.82) is 0 Å². The van der Waals surface area contributed by atoms with Crippen molar-refractivity contribution in [3.63, 3.8) is 0 Å². The van der Waals surface area contributed by atoms with Crippen molar-refractivity contribution in [2.75, 3.05) is 0 Å². The van der Waals surface area contributed by atoms with Crippen LogP contribution in [0.4, 0.5) is 0 Å². The Hall–Kier alpha value is -1.45. The molecule has 94 valence electrons. The first-order valence-electron chi connectivity index (χ1n) is 5.32. The Morgan fingerprint density at radius 3 is 2.56 bits per heavy atom. The number of rotatable bonds is 3. The first kappa shape index (κ1) is 13.0. The molecule has 2 aromatic rings. The average molecular weight is 284 g/mol. The number of aromatic nitrogens is 1. The van der Waals surface area contributed by atoms with Gasteiger partial charge in [0.15, 0.2) is 0 Å². The number of halogens is 2. The smallest absolute Gasteiger partial charge is 0.352 e. The molecule has 0 saturated heterocycles. The zero-order valence-corrected chi connectivity index (χ0v) is 11.2. The van der Waals surface area contributed by atoms with Crippen molar-refractivity contribution in [3.05, 3.63) is 57.3 Å². The van der Waals surface area contributed by atoms with E-state index >= 15 is 0 Å². The maximum absolute atomic E-state index is 11.1. The molecule has 0 aliphatic carbocycles. The van der Waals surface area contributed by atoms with E-state index < -0.39 is 5.97 Å². The molecule has 1 heterocycles. The molecular formula is C13H11Cl2NO2. The monoisotopic (exact) mass is 283 g/mol. The van der Waals surface area contributed by atoms with Crippen LogP contribution in [-0.4, -0.2) is 15.6 Å². The Morgan fingerprint density at radius 1 is 1.22 bits per heavy atom. The summed E-state index contributed by atoms with van der Waals surface area (Å²) in [6.45, 7) is 2.32. The molecule has 0 aliphatic heterocycles. The van der Waals surface area contributed by atoms with Crippen LogP contribution >= 0.6 is 23.2 Å². The highest BCUT2D eigenvalue weighted by Crippen LogP contribution is 2.23. The quantitative estimate of drug-likeness (QED) is 0.930. The molecule has 0 unspecified atom stereocenters. The topological polar surface area (TPSA) is 42.2 Å². The lowest BCUT2D eigenvalue weighted by atomic mass is 10.2. The van der Waals surface area contributed by atoms with E-state index in [1.54, 1.807) is 28.8 Å². The van der Waals surface area contributed by atoms with Gasteiger partial charge in [0.25, 0.3) is 0 Å². The Kier molecular flexibility index (Phi) is 3.64. The lowest BCUT2D eigenvalue weighted by molar-refractivity contribution is 0.0685. The Balaban J connectivity index is 2.36. The molecule has 0 atom stereocenters. The van der Waals surface area contributed by atoms with Gasteiger partial charge in [0.1, 0.15) is 5.69 Å². The van der Waals surface area contributed by atoms with Crippen LogP contribution in [0.25, 0.3) is 0 Å². The van der Waals surface area contributed by atoms with Gasteiger partial charge in [-0.25, -0.2) is 4.79 Å². The third kappa shape index (κ3) is 2.52. The van der Waals surface area contributed by atoms with E-state index in [0.717, 1.165) is 11.3 Å². The van der Waals surface area contributed by atoms with Gasteiger partial charge in [0.05, 0.1) is 10.0 Å². The van der Waals surface area contributed by atoms with Crippen molar-refractivity contribution < 1.29 is 9.90 Å². The summed E-state index contributed by atoms with van der Waals surface area (Å²) in [5, 5.41) is 10.0. The molecule has 0 fully saturated rings. The van der Waals surface area contributed by atoms with Crippen molar-refractivity contribution in [2.24, 2.45) is 0 Å². The summed E-state index contributed by atoms with van der Waals surface area (Å²) in [4.78, 5) is 11.1. The zero-order chi connectivity index (χ0) is 13.3. The molecule has 3 nitrogen and oxygen atoms in total. The molecule has 0 aliphatic rings. The van der Waals surface area contributed by atoms with E-state index in [1.165, 1.54) is 0 Å². The van der Waals surface area contributed by atoms with E-state index in [4.69, 9.17) is 28.3 Å². The van der Waals surface area contributed by atoms with Crippen LogP contribution in [0.1, 0.15) is 21.7 Å².